The largest absolute Gasteiger partial charge is 0.323 e. The monoisotopic (exact) mass is 185 g/mol. The zero-order valence-electron chi connectivity index (χ0n) is 7.27. The Kier molecular flexibility index (Phi) is 1.16. The average Bonchev–Trinajstić information content (AvgIpc) is 2.68. The Morgan fingerprint density at radius 3 is 2.64 bits per heavy atom. The van der Waals surface area contributed by atoms with Crippen molar-refractivity contribution in [2.75, 3.05) is 5.84 Å². The fraction of sp³-hybridized carbons (Fsp3) is 0. The maximum Gasteiger partial charge on any atom is 0.197 e. The molecule has 4 heteroatoms. The Hall–Kier alpha value is -2.10. The molecule has 0 aliphatic heterocycles. The van der Waals surface area contributed by atoms with Gasteiger partial charge in [0.25, 0.3) is 0 Å². The molecule has 0 atom stereocenters. The van der Waals surface area contributed by atoms with E-state index < -0.39 is 0 Å². The van der Waals surface area contributed by atoms with Gasteiger partial charge in [-0.2, -0.15) is 9.89 Å². The molecule has 0 unspecified atom stereocenters. The van der Waals surface area contributed by atoms with Crippen LogP contribution in [0.15, 0.2) is 30.5 Å². The molecule has 0 saturated heterocycles. The predicted octanol–water partition coefficient (Wildman–Crippen LogP) is 0.808. The second-order valence-electron chi connectivity index (χ2n) is 3.25. The molecule has 3 rings (SSSR count). The molecule has 2 N–H and O–H groups in total. The fourth-order valence-electron chi connectivity index (χ4n) is 1.79. The van der Waals surface area contributed by atoms with Crippen LogP contribution in [0.4, 0.5) is 0 Å². The predicted molar refractivity (Wildman–Crippen MR) is 51.2 cm³/mol. The van der Waals surface area contributed by atoms with Gasteiger partial charge in [-0.05, 0) is 0 Å². The van der Waals surface area contributed by atoms with E-state index in [9.17, 15) is 4.79 Å². The van der Waals surface area contributed by atoms with E-state index in [0.717, 1.165) is 5.56 Å². The first-order chi connectivity index (χ1) is 6.77. The zero-order chi connectivity index (χ0) is 9.71. The van der Waals surface area contributed by atoms with Gasteiger partial charge in [0, 0.05) is 11.1 Å². The molecule has 14 heavy (non-hydrogen) atoms. The SMILES string of the molecule is Nn1cc2c(n1)-c1ccccc1C2=O. The van der Waals surface area contributed by atoms with E-state index in [-0.39, 0.29) is 5.78 Å². The first-order valence-electron chi connectivity index (χ1n) is 4.26. The third-order valence-corrected chi connectivity index (χ3v) is 2.40. The van der Waals surface area contributed by atoms with E-state index in [1.54, 1.807) is 12.3 Å². The summed E-state index contributed by atoms with van der Waals surface area (Å²) in [7, 11) is 0. The van der Waals surface area contributed by atoms with Crippen LogP contribution in [0.2, 0.25) is 0 Å². The normalized spacial score (nSPS) is 12.7. The lowest BCUT2D eigenvalue weighted by Gasteiger charge is -1.95. The Labute approximate surface area is 79.9 Å². The highest BCUT2D eigenvalue weighted by Crippen LogP contribution is 2.34. The lowest BCUT2D eigenvalue weighted by atomic mass is 10.1. The molecule has 1 aromatic heterocycles. The molecular formula is C10H7N3O. The Bertz CT molecular complexity index is 542. The summed E-state index contributed by atoms with van der Waals surface area (Å²) < 4.78 is 0. The van der Waals surface area contributed by atoms with E-state index in [1.807, 2.05) is 18.2 Å². The molecule has 68 valence electrons. The number of nitrogen functional groups attached to an aromatic ring is 1. The summed E-state index contributed by atoms with van der Waals surface area (Å²) in [6.45, 7) is 0. The van der Waals surface area contributed by atoms with Gasteiger partial charge in [-0.3, -0.25) is 4.79 Å². The summed E-state index contributed by atoms with van der Waals surface area (Å²) in [5, 5.41) is 4.06. The van der Waals surface area contributed by atoms with Crippen molar-refractivity contribution in [1.29, 1.82) is 0 Å². The summed E-state index contributed by atoms with van der Waals surface area (Å²) in [4.78, 5) is 13.0. The first kappa shape index (κ1) is 7.32. The van der Waals surface area contributed by atoms with E-state index in [2.05, 4.69) is 5.10 Å². The number of ketones is 1. The number of hydrogen-bond donors (Lipinski definition) is 1. The molecule has 0 radical (unpaired) electrons. The van der Waals surface area contributed by atoms with Crippen molar-refractivity contribution in [1.82, 2.24) is 9.89 Å². The van der Waals surface area contributed by atoms with Gasteiger partial charge in [0.15, 0.2) is 5.78 Å². The minimum Gasteiger partial charge on any atom is -0.323 e. The lowest BCUT2D eigenvalue weighted by molar-refractivity contribution is 0.104. The molecule has 1 aliphatic rings. The van der Waals surface area contributed by atoms with Crippen LogP contribution < -0.4 is 5.84 Å². The standard InChI is InChI=1S/C10H7N3O/c11-13-5-8-9(12-13)6-3-1-2-4-7(6)10(8)14/h1-5H,11H2. The van der Waals surface area contributed by atoms with Crippen LogP contribution in [0.5, 0.6) is 0 Å². The molecule has 1 aromatic carbocycles. The number of fused-ring (bicyclic) bond motifs is 3. The second-order valence-corrected chi connectivity index (χ2v) is 3.25. The molecule has 1 heterocycles. The number of carbonyl (C=O) groups excluding carboxylic acids is 1. The quantitative estimate of drug-likeness (QED) is 0.527. The number of nitrogens with two attached hydrogens (primary N) is 1. The molecule has 0 spiro atoms. The van der Waals surface area contributed by atoms with Gasteiger partial charge in [-0.15, -0.1) is 0 Å². The highest BCUT2D eigenvalue weighted by Gasteiger charge is 2.29. The fourth-order valence-corrected chi connectivity index (χ4v) is 1.79. The van der Waals surface area contributed by atoms with Crippen LogP contribution in [0.1, 0.15) is 15.9 Å². The van der Waals surface area contributed by atoms with E-state index in [0.29, 0.717) is 16.8 Å². The summed E-state index contributed by atoms with van der Waals surface area (Å²) in [6, 6.07) is 7.42. The van der Waals surface area contributed by atoms with E-state index in [4.69, 9.17) is 5.84 Å². The lowest BCUT2D eigenvalue weighted by Crippen LogP contribution is -2.09. The van der Waals surface area contributed by atoms with Gasteiger partial charge < -0.3 is 5.84 Å². The van der Waals surface area contributed by atoms with Crippen molar-refractivity contribution in [3.8, 4) is 11.3 Å². The molecule has 2 aromatic rings. The van der Waals surface area contributed by atoms with Crippen molar-refractivity contribution < 1.29 is 4.79 Å². The van der Waals surface area contributed by atoms with Gasteiger partial charge in [0.2, 0.25) is 0 Å². The number of rotatable bonds is 0. The summed E-state index contributed by atoms with van der Waals surface area (Å²) in [5.74, 6) is 5.47. The van der Waals surface area contributed by atoms with Crippen LogP contribution in [0, 0.1) is 0 Å². The number of nitrogens with zero attached hydrogens (tertiary/aromatic N) is 2. The van der Waals surface area contributed by atoms with Crippen molar-refractivity contribution in [2.24, 2.45) is 0 Å². The van der Waals surface area contributed by atoms with Gasteiger partial charge in [0.1, 0.15) is 5.69 Å². The van der Waals surface area contributed by atoms with Gasteiger partial charge in [-0.25, -0.2) is 0 Å². The minimum absolute atomic E-state index is 0.00676. The average molecular weight is 185 g/mol. The van der Waals surface area contributed by atoms with Crippen LogP contribution in [-0.2, 0) is 0 Å². The van der Waals surface area contributed by atoms with Crippen molar-refractivity contribution in [3.63, 3.8) is 0 Å². The number of aromatic nitrogens is 2. The minimum atomic E-state index is 0.00676. The van der Waals surface area contributed by atoms with Crippen molar-refractivity contribution in [3.05, 3.63) is 41.6 Å². The summed E-state index contributed by atoms with van der Waals surface area (Å²) in [5.41, 5.74) is 2.86. The molecule has 0 amide bonds. The molecule has 0 fully saturated rings. The molecule has 0 bridgehead atoms. The smallest absolute Gasteiger partial charge is 0.197 e. The van der Waals surface area contributed by atoms with Gasteiger partial charge >= 0.3 is 0 Å². The van der Waals surface area contributed by atoms with Crippen LogP contribution in [-0.4, -0.2) is 15.7 Å². The molecule has 4 nitrogen and oxygen atoms in total. The maximum absolute atomic E-state index is 11.8. The van der Waals surface area contributed by atoms with E-state index in [1.165, 1.54) is 4.79 Å². The zero-order valence-corrected chi connectivity index (χ0v) is 7.27. The van der Waals surface area contributed by atoms with Crippen molar-refractivity contribution >= 4 is 5.78 Å². The molecular weight excluding hydrogens is 178 g/mol. The number of hydrogen-bond acceptors (Lipinski definition) is 3. The van der Waals surface area contributed by atoms with E-state index >= 15 is 0 Å². The Morgan fingerprint density at radius 1 is 1.14 bits per heavy atom. The third kappa shape index (κ3) is 0.724. The number of benzene rings is 1. The highest BCUT2D eigenvalue weighted by molar-refractivity contribution is 6.20. The highest BCUT2D eigenvalue weighted by atomic mass is 16.1. The number of carbonyl (C=O) groups is 1. The van der Waals surface area contributed by atoms with Crippen LogP contribution in [0.25, 0.3) is 11.3 Å². The summed E-state index contributed by atoms with van der Waals surface area (Å²) >= 11 is 0. The first-order valence-corrected chi connectivity index (χ1v) is 4.26. The molecule has 1 aliphatic carbocycles. The van der Waals surface area contributed by atoms with Crippen LogP contribution in [0.3, 0.4) is 0 Å². The maximum atomic E-state index is 11.8. The van der Waals surface area contributed by atoms with Gasteiger partial charge in [0.05, 0.1) is 11.8 Å². The summed E-state index contributed by atoms with van der Waals surface area (Å²) in [6.07, 6.45) is 1.55. The molecule has 0 saturated carbocycles. The Balaban J connectivity index is 2.39. The second kappa shape index (κ2) is 2.23. The Morgan fingerprint density at radius 2 is 1.86 bits per heavy atom. The third-order valence-electron chi connectivity index (χ3n) is 2.40. The van der Waals surface area contributed by atoms with Gasteiger partial charge in [-0.1, -0.05) is 24.3 Å². The van der Waals surface area contributed by atoms with Crippen LogP contribution >= 0.6 is 0 Å². The topological polar surface area (TPSA) is 60.9 Å². The van der Waals surface area contributed by atoms with Crippen molar-refractivity contribution in [2.45, 2.75) is 0 Å².